The van der Waals surface area contributed by atoms with Crippen molar-refractivity contribution in [2.24, 2.45) is 0 Å². The largest absolute Gasteiger partial charge is 0.484 e. The van der Waals surface area contributed by atoms with Crippen LogP contribution in [0, 0.1) is 0 Å². The first-order chi connectivity index (χ1) is 14.1. The van der Waals surface area contributed by atoms with Gasteiger partial charge >= 0.3 is 0 Å². The maximum absolute atomic E-state index is 12.7. The Morgan fingerprint density at radius 3 is 2.28 bits per heavy atom. The molecule has 0 unspecified atom stereocenters. The monoisotopic (exact) mass is 414 g/mol. The summed E-state index contributed by atoms with van der Waals surface area (Å²) in [6.07, 6.45) is 2.89. The van der Waals surface area contributed by atoms with Crippen molar-refractivity contribution < 1.29 is 14.3 Å². The van der Waals surface area contributed by atoms with E-state index in [-0.39, 0.29) is 18.4 Å². The van der Waals surface area contributed by atoms with E-state index in [1.807, 2.05) is 24.3 Å². The van der Waals surface area contributed by atoms with Crippen LogP contribution in [0.15, 0.2) is 48.5 Å². The van der Waals surface area contributed by atoms with E-state index in [0.717, 1.165) is 19.3 Å². The Labute approximate surface area is 177 Å². The van der Waals surface area contributed by atoms with Crippen LogP contribution in [0.1, 0.15) is 35.7 Å². The van der Waals surface area contributed by atoms with E-state index in [0.29, 0.717) is 42.5 Å². The molecule has 0 bridgehead atoms. The number of carbonyl (C=O) groups excluding carboxylic acids is 2. The molecule has 5 nitrogen and oxygen atoms in total. The first-order valence-electron chi connectivity index (χ1n) is 10.1. The van der Waals surface area contributed by atoms with Gasteiger partial charge in [0.1, 0.15) is 5.75 Å². The van der Waals surface area contributed by atoms with Crippen LogP contribution in [0.25, 0.3) is 0 Å². The fraction of sp³-hybridized carbons (Fsp3) is 0.391. The second kappa shape index (κ2) is 10.3. The lowest BCUT2D eigenvalue weighted by molar-refractivity contribution is -0.133. The molecule has 2 aromatic rings. The van der Waals surface area contributed by atoms with Crippen molar-refractivity contribution in [2.45, 2.75) is 26.2 Å². The smallest absolute Gasteiger partial charge is 0.260 e. The van der Waals surface area contributed by atoms with E-state index >= 15 is 0 Å². The van der Waals surface area contributed by atoms with Crippen LogP contribution in [-0.4, -0.2) is 54.4 Å². The quantitative estimate of drug-likeness (QED) is 0.716. The van der Waals surface area contributed by atoms with Gasteiger partial charge in [-0.05, 0) is 54.8 Å². The van der Waals surface area contributed by atoms with Crippen molar-refractivity contribution in [1.29, 1.82) is 0 Å². The van der Waals surface area contributed by atoms with Crippen LogP contribution < -0.4 is 4.74 Å². The minimum atomic E-state index is -0.0524. The van der Waals surface area contributed by atoms with Crippen molar-refractivity contribution in [3.05, 3.63) is 64.7 Å². The van der Waals surface area contributed by atoms with E-state index in [9.17, 15) is 9.59 Å². The van der Waals surface area contributed by atoms with E-state index in [1.54, 1.807) is 34.1 Å². The van der Waals surface area contributed by atoms with Gasteiger partial charge in [0.15, 0.2) is 6.61 Å². The Balaban J connectivity index is 1.50. The molecule has 0 saturated carbocycles. The fourth-order valence-electron chi connectivity index (χ4n) is 3.42. The average molecular weight is 415 g/mol. The van der Waals surface area contributed by atoms with Gasteiger partial charge in [0.2, 0.25) is 0 Å². The number of ether oxygens (including phenoxy) is 1. The van der Waals surface area contributed by atoms with Crippen LogP contribution in [0.3, 0.4) is 0 Å². The van der Waals surface area contributed by atoms with E-state index in [2.05, 4.69) is 6.92 Å². The molecule has 154 valence electrons. The van der Waals surface area contributed by atoms with Gasteiger partial charge in [-0.3, -0.25) is 9.59 Å². The number of amides is 2. The van der Waals surface area contributed by atoms with Gasteiger partial charge in [-0.25, -0.2) is 0 Å². The molecule has 0 spiro atoms. The second-order valence-electron chi connectivity index (χ2n) is 7.22. The Morgan fingerprint density at radius 2 is 1.59 bits per heavy atom. The van der Waals surface area contributed by atoms with Crippen LogP contribution in [-0.2, 0) is 11.2 Å². The minimum absolute atomic E-state index is 0.0122. The lowest BCUT2D eigenvalue weighted by atomic mass is 10.1. The third kappa shape index (κ3) is 5.97. The Bertz CT molecular complexity index is 821. The number of hydrogen-bond acceptors (Lipinski definition) is 3. The van der Waals surface area contributed by atoms with Gasteiger partial charge in [-0.2, -0.15) is 0 Å². The van der Waals surface area contributed by atoms with Gasteiger partial charge in [0.25, 0.3) is 11.8 Å². The maximum atomic E-state index is 12.7. The molecule has 1 fully saturated rings. The zero-order valence-electron chi connectivity index (χ0n) is 16.8. The highest BCUT2D eigenvalue weighted by molar-refractivity contribution is 6.30. The lowest BCUT2D eigenvalue weighted by Gasteiger charge is -2.22. The van der Waals surface area contributed by atoms with Crippen LogP contribution in [0.2, 0.25) is 5.02 Å². The molecule has 1 heterocycles. The second-order valence-corrected chi connectivity index (χ2v) is 7.65. The fourth-order valence-corrected chi connectivity index (χ4v) is 3.55. The van der Waals surface area contributed by atoms with Gasteiger partial charge in [0, 0.05) is 36.8 Å². The maximum Gasteiger partial charge on any atom is 0.260 e. The Kier molecular flexibility index (Phi) is 7.53. The predicted molar refractivity (Wildman–Crippen MR) is 114 cm³/mol. The highest BCUT2D eigenvalue weighted by Gasteiger charge is 2.23. The van der Waals surface area contributed by atoms with Crippen molar-refractivity contribution in [3.63, 3.8) is 0 Å². The molecule has 0 aliphatic carbocycles. The third-order valence-electron chi connectivity index (χ3n) is 5.05. The van der Waals surface area contributed by atoms with Gasteiger partial charge in [-0.15, -0.1) is 0 Å². The van der Waals surface area contributed by atoms with Crippen LogP contribution in [0.5, 0.6) is 5.75 Å². The molecular weight excluding hydrogens is 388 g/mol. The molecule has 3 rings (SSSR count). The van der Waals surface area contributed by atoms with Gasteiger partial charge < -0.3 is 14.5 Å². The van der Waals surface area contributed by atoms with Crippen LogP contribution in [0.4, 0.5) is 0 Å². The number of aryl methyl sites for hydroxylation is 1. The zero-order valence-corrected chi connectivity index (χ0v) is 17.5. The van der Waals surface area contributed by atoms with E-state index < -0.39 is 0 Å². The molecule has 0 aromatic heterocycles. The molecule has 1 saturated heterocycles. The van der Waals surface area contributed by atoms with Crippen molar-refractivity contribution in [3.8, 4) is 5.75 Å². The SMILES string of the molecule is CCCc1ccc(OCC(=O)N2CCCN(C(=O)c3ccc(Cl)cc3)CC2)cc1. The summed E-state index contributed by atoms with van der Waals surface area (Å²) in [4.78, 5) is 28.8. The first-order valence-corrected chi connectivity index (χ1v) is 10.5. The number of halogens is 1. The number of rotatable bonds is 6. The molecular formula is C23H27ClN2O3. The zero-order chi connectivity index (χ0) is 20.6. The summed E-state index contributed by atoms with van der Waals surface area (Å²) >= 11 is 5.90. The lowest BCUT2D eigenvalue weighted by Crippen LogP contribution is -2.39. The van der Waals surface area contributed by atoms with Gasteiger partial charge in [-0.1, -0.05) is 37.1 Å². The molecule has 0 atom stereocenters. The average Bonchev–Trinajstić information content (AvgIpc) is 3.00. The topological polar surface area (TPSA) is 49.9 Å². The van der Waals surface area contributed by atoms with Crippen molar-refractivity contribution >= 4 is 23.4 Å². The van der Waals surface area contributed by atoms with Crippen LogP contribution >= 0.6 is 11.6 Å². The molecule has 0 N–H and O–H groups in total. The van der Waals surface area contributed by atoms with Crippen molar-refractivity contribution in [2.75, 3.05) is 32.8 Å². The minimum Gasteiger partial charge on any atom is -0.484 e. The number of carbonyl (C=O) groups is 2. The molecule has 2 aromatic carbocycles. The van der Waals surface area contributed by atoms with E-state index in [4.69, 9.17) is 16.3 Å². The molecule has 6 heteroatoms. The summed E-state index contributed by atoms with van der Waals surface area (Å²) < 4.78 is 5.67. The molecule has 1 aliphatic rings. The summed E-state index contributed by atoms with van der Waals surface area (Å²) in [6, 6.07) is 14.8. The van der Waals surface area contributed by atoms with Crippen molar-refractivity contribution in [1.82, 2.24) is 9.80 Å². The number of benzene rings is 2. The summed E-state index contributed by atoms with van der Waals surface area (Å²) in [7, 11) is 0. The summed E-state index contributed by atoms with van der Waals surface area (Å²) in [6.45, 7) is 4.44. The first kappa shape index (κ1) is 21.2. The Morgan fingerprint density at radius 1 is 0.931 bits per heavy atom. The molecule has 1 aliphatic heterocycles. The standard InChI is InChI=1S/C23H27ClN2O3/c1-2-4-18-5-11-21(12-6-18)29-17-22(27)25-13-3-14-26(16-15-25)23(28)19-7-9-20(24)10-8-19/h5-12H,2-4,13-17H2,1H3. The molecule has 0 radical (unpaired) electrons. The van der Waals surface area contributed by atoms with E-state index in [1.165, 1.54) is 5.56 Å². The molecule has 29 heavy (non-hydrogen) atoms. The highest BCUT2D eigenvalue weighted by atomic mass is 35.5. The number of nitrogens with zero attached hydrogens (tertiary/aromatic N) is 2. The summed E-state index contributed by atoms with van der Waals surface area (Å²) in [5, 5.41) is 0.606. The predicted octanol–water partition coefficient (Wildman–Crippen LogP) is 4.05. The molecule has 2 amide bonds. The number of hydrogen-bond donors (Lipinski definition) is 0. The van der Waals surface area contributed by atoms with Gasteiger partial charge in [0.05, 0.1) is 0 Å². The summed E-state index contributed by atoms with van der Waals surface area (Å²) in [5.74, 6) is 0.621. The normalized spacial score (nSPS) is 14.4. The third-order valence-corrected chi connectivity index (χ3v) is 5.30. The summed E-state index contributed by atoms with van der Waals surface area (Å²) in [5.41, 5.74) is 1.88. The Hall–Kier alpha value is -2.53. The highest BCUT2D eigenvalue weighted by Crippen LogP contribution is 2.15.